The fraction of sp³-hybridized carbons (Fsp3) is 0.455. The summed E-state index contributed by atoms with van der Waals surface area (Å²) in [5, 5.41) is 8.79. The molecule has 5 nitrogen and oxygen atoms in total. The van der Waals surface area contributed by atoms with Gasteiger partial charge in [0.2, 0.25) is 10.0 Å². The summed E-state index contributed by atoms with van der Waals surface area (Å²) in [6, 6.07) is 4.74. The minimum atomic E-state index is -3.61. The van der Waals surface area contributed by atoms with Gasteiger partial charge in [-0.15, -0.1) is 0 Å². The van der Waals surface area contributed by atoms with E-state index in [2.05, 4.69) is 15.9 Å². The molecule has 0 radical (unpaired) electrons. The molecule has 3 N–H and O–H groups in total. The number of aliphatic hydroxyl groups excluding tert-OH is 1. The highest BCUT2D eigenvalue weighted by molar-refractivity contribution is 9.10. The van der Waals surface area contributed by atoms with Crippen LogP contribution in [0.3, 0.4) is 0 Å². The summed E-state index contributed by atoms with van der Waals surface area (Å²) < 4.78 is 26.7. The lowest BCUT2D eigenvalue weighted by molar-refractivity contribution is 0.271. The highest BCUT2D eigenvalue weighted by Gasteiger charge is 2.24. The number of nitrogen functional groups attached to an aromatic ring is 1. The van der Waals surface area contributed by atoms with Crippen LogP contribution in [0.5, 0.6) is 0 Å². The molecule has 0 saturated carbocycles. The van der Waals surface area contributed by atoms with E-state index in [0.29, 0.717) is 17.4 Å². The van der Waals surface area contributed by atoms with Crippen molar-refractivity contribution in [1.29, 1.82) is 0 Å². The summed E-state index contributed by atoms with van der Waals surface area (Å²) in [5.41, 5.74) is 5.94. The Kier molecular flexibility index (Phi) is 5.58. The largest absolute Gasteiger partial charge is 0.398 e. The van der Waals surface area contributed by atoms with Crippen LogP contribution in [0.4, 0.5) is 5.69 Å². The van der Waals surface area contributed by atoms with Gasteiger partial charge in [0.1, 0.15) is 4.90 Å². The minimum absolute atomic E-state index is 0.0417. The van der Waals surface area contributed by atoms with Gasteiger partial charge in [-0.3, -0.25) is 0 Å². The van der Waals surface area contributed by atoms with E-state index in [9.17, 15) is 8.42 Å². The fourth-order valence-corrected chi connectivity index (χ4v) is 3.71. The third-order valence-electron chi connectivity index (χ3n) is 2.51. The number of rotatable bonds is 6. The molecule has 0 heterocycles. The second-order valence-electron chi connectivity index (χ2n) is 3.76. The van der Waals surface area contributed by atoms with Crippen LogP contribution < -0.4 is 5.73 Å². The molecule has 0 saturated heterocycles. The number of hydrogen-bond donors (Lipinski definition) is 2. The number of hydrogen-bond acceptors (Lipinski definition) is 4. The van der Waals surface area contributed by atoms with Gasteiger partial charge in [0, 0.05) is 24.2 Å². The highest BCUT2D eigenvalue weighted by atomic mass is 79.9. The van der Waals surface area contributed by atoms with Crippen LogP contribution in [0.1, 0.15) is 13.3 Å². The van der Waals surface area contributed by atoms with Crippen LogP contribution in [0.25, 0.3) is 0 Å². The molecule has 0 spiro atoms. The molecular weight excluding hydrogens is 320 g/mol. The van der Waals surface area contributed by atoms with E-state index >= 15 is 0 Å². The van der Waals surface area contributed by atoms with Crippen LogP contribution in [-0.2, 0) is 10.0 Å². The van der Waals surface area contributed by atoms with Crippen molar-refractivity contribution < 1.29 is 13.5 Å². The first-order chi connectivity index (χ1) is 8.43. The molecule has 0 aromatic heterocycles. The molecule has 102 valence electrons. The Hall–Kier alpha value is -0.630. The Balaban J connectivity index is 3.14. The highest BCUT2D eigenvalue weighted by Crippen LogP contribution is 2.26. The molecule has 1 rings (SSSR count). The average molecular weight is 337 g/mol. The normalized spacial score (nSPS) is 12.0. The van der Waals surface area contributed by atoms with E-state index in [-0.39, 0.29) is 23.7 Å². The molecule has 0 atom stereocenters. The van der Waals surface area contributed by atoms with Crippen LogP contribution in [0.15, 0.2) is 27.6 Å². The predicted molar refractivity (Wildman–Crippen MR) is 74.7 cm³/mol. The molecule has 0 fully saturated rings. The summed E-state index contributed by atoms with van der Waals surface area (Å²) in [6.45, 7) is 2.33. The monoisotopic (exact) mass is 336 g/mol. The summed E-state index contributed by atoms with van der Waals surface area (Å²) >= 11 is 3.23. The molecule has 1 aromatic rings. The van der Waals surface area contributed by atoms with E-state index in [4.69, 9.17) is 10.8 Å². The van der Waals surface area contributed by atoms with Gasteiger partial charge in [0.25, 0.3) is 0 Å². The topological polar surface area (TPSA) is 83.6 Å². The Bertz CT molecular complexity index is 505. The zero-order chi connectivity index (χ0) is 13.8. The number of aliphatic hydroxyl groups is 1. The van der Waals surface area contributed by atoms with Crippen LogP contribution in [0, 0.1) is 0 Å². The minimum Gasteiger partial charge on any atom is -0.398 e. The first kappa shape index (κ1) is 15.4. The Labute approximate surface area is 116 Å². The number of sulfonamides is 1. The van der Waals surface area contributed by atoms with E-state index in [0.717, 1.165) is 0 Å². The van der Waals surface area contributed by atoms with Crippen molar-refractivity contribution in [3.63, 3.8) is 0 Å². The summed E-state index contributed by atoms with van der Waals surface area (Å²) in [6.07, 6.45) is 0.404. The second kappa shape index (κ2) is 6.51. The van der Waals surface area contributed by atoms with Crippen molar-refractivity contribution in [2.24, 2.45) is 0 Å². The van der Waals surface area contributed by atoms with E-state index < -0.39 is 10.0 Å². The molecular formula is C11H17BrN2O3S. The predicted octanol–water partition coefficient (Wildman–Crippen LogP) is 1.42. The van der Waals surface area contributed by atoms with Crippen molar-refractivity contribution >= 4 is 31.6 Å². The van der Waals surface area contributed by atoms with Crippen molar-refractivity contribution in [2.45, 2.75) is 18.2 Å². The molecule has 18 heavy (non-hydrogen) atoms. The summed E-state index contributed by atoms with van der Waals surface area (Å²) in [7, 11) is -3.61. The van der Waals surface area contributed by atoms with Gasteiger partial charge in [-0.1, -0.05) is 22.9 Å². The van der Waals surface area contributed by atoms with Gasteiger partial charge in [0.15, 0.2) is 0 Å². The van der Waals surface area contributed by atoms with Gasteiger partial charge in [-0.2, -0.15) is 4.31 Å². The maximum absolute atomic E-state index is 12.4. The number of anilines is 1. The SMILES string of the molecule is CCN(CCCO)S(=O)(=O)c1cc(Br)ccc1N. The van der Waals surface area contributed by atoms with Gasteiger partial charge < -0.3 is 10.8 Å². The molecule has 7 heteroatoms. The summed E-state index contributed by atoms with van der Waals surface area (Å²) in [4.78, 5) is 0.0941. The van der Waals surface area contributed by atoms with Gasteiger partial charge in [-0.25, -0.2) is 8.42 Å². The Morgan fingerprint density at radius 2 is 2.11 bits per heavy atom. The molecule has 0 aliphatic rings. The number of halogens is 1. The third kappa shape index (κ3) is 3.44. The maximum atomic E-state index is 12.4. The lowest BCUT2D eigenvalue weighted by Gasteiger charge is -2.21. The lowest BCUT2D eigenvalue weighted by Crippen LogP contribution is -2.32. The van der Waals surface area contributed by atoms with Crippen LogP contribution >= 0.6 is 15.9 Å². The van der Waals surface area contributed by atoms with Gasteiger partial charge >= 0.3 is 0 Å². The quantitative estimate of drug-likeness (QED) is 0.769. The smallest absolute Gasteiger partial charge is 0.245 e. The molecule has 0 amide bonds. The number of benzene rings is 1. The van der Waals surface area contributed by atoms with E-state index in [1.807, 2.05) is 0 Å². The van der Waals surface area contributed by atoms with Crippen LogP contribution in [0.2, 0.25) is 0 Å². The van der Waals surface area contributed by atoms with Gasteiger partial charge in [-0.05, 0) is 24.6 Å². The first-order valence-corrected chi connectivity index (χ1v) is 7.82. The zero-order valence-electron chi connectivity index (χ0n) is 10.1. The lowest BCUT2D eigenvalue weighted by atomic mass is 10.3. The second-order valence-corrected chi connectivity index (χ2v) is 6.58. The third-order valence-corrected chi connectivity index (χ3v) is 5.03. The van der Waals surface area contributed by atoms with Crippen molar-refractivity contribution in [3.05, 3.63) is 22.7 Å². The van der Waals surface area contributed by atoms with Crippen molar-refractivity contribution in [3.8, 4) is 0 Å². The van der Waals surface area contributed by atoms with E-state index in [1.54, 1.807) is 19.1 Å². The first-order valence-electron chi connectivity index (χ1n) is 5.59. The number of nitrogens with two attached hydrogens (primary N) is 1. The summed E-state index contributed by atoms with van der Waals surface area (Å²) in [5.74, 6) is 0. The van der Waals surface area contributed by atoms with Crippen molar-refractivity contribution in [1.82, 2.24) is 4.31 Å². The molecule has 0 unspecified atom stereocenters. The van der Waals surface area contributed by atoms with Crippen LogP contribution in [-0.4, -0.2) is 37.5 Å². The standard InChI is InChI=1S/C11H17BrN2O3S/c1-2-14(6-3-7-15)18(16,17)11-8-9(12)4-5-10(11)13/h4-5,8,15H,2-3,6-7,13H2,1H3. The Morgan fingerprint density at radius 3 is 2.67 bits per heavy atom. The fourth-order valence-electron chi connectivity index (χ4n) is 1.57. The molecule has 1 aromatic carbocycles. The molecule has 0 bridgehead atoms. The number of nitrogens with zero attached hydrogens (tertiary/aromatic N) is 1. The van der Waals surface area contributed by atoms with Gasteiger partial charge in [0.05, 0.1) is 5.69 Å². The molecule has 0 aliphatic carbocycles. The average Bonchev–Trinajstić information content (AvgIpc) is 2.33. The van der Waals surface area contributed by atoms with Crippen molar-refractivity contribution in [2.75, 3.05) is 25.4 Å². The zero-order valence-corrected chi connectivity index (χ0v) is 12.5. The van der Waals surface area contributed by atoms with E-state index in [1.165, 1.54) is 10.4 Å². The molecule has 0 aliphatic heterocycles. The Morgan fingerprint density at radius 1 is 1.44 bits per heavy atom. The maximum Gasteiger partial charge on any atom is 0.245 e.